The second kappa shape index (κ2) is 3.96. The summed E-state index contributed by atoms with van der Waals surface area (Å²) in [7, 11) is 1.71. The van der Waals surface area contributed by atoms with Gasteiger partial charge in [-0.25, -0.2) is 0 Å². The van der Waals surface area contributed by atoms with Crippen molar-refractivity contribution in [3.8, 4) is 0 Å². The van der Waals surface area contributed by atoms with Crippen molar-refractivity contribution in [2.75, 3.05) is 0 Å². The van der Waals surface area contributed by atoms with Gasteiger partial charge < -0.3 is 0 Å². The third-order valence-electron chi connectivity index (χ3n) is 3.00. The largest absolute Gasteiger partial charge is 0.299 e. The summed E-state index contributed by atoms with van der Waals surface area (Å²) >= 11 is 0. The van der Waals surface area contributed by atoms with Gasteiger partial charge in [0.25, 0.3) is 0 Å². The molecule has 0 bridgehead atoms. The van der Waals surface area contributed by atoms with Crippen molar-refractivity contribution in [2.45, 2.75) is 25.7 Å². The molecule has 1 aromatic rings. The Kier molecular flexibility index (Phi) is 2.66. The van der Waals surface area contributed by atoms with Crippen LogP contribution in [0.3, 0.4) is 0 Å². The number of ketones is 2. The highest BCUT2D eigenvalue weighted by Gasteiger charge is 2.27. The van der Waals surface area contributed by atoms with Crippen molar-refractivity contribution in [1.29, 1.82) is 0 Å². The number of carbonyl (C=O) groups is 2. The number of nitrogens with zero attached hydrogens (tertiary/aromatic N) is 2. The van der Waals surface area contributed by atoms with Gasteiger partial charge in [-0.15, -0.1) is 0 Å². The molecule has 1 fully saturated rings. The first kappa shape index (κ1) is 10.1. The monoisotopic (exact) mass is 206 g/mol. The zero-order valence-corrected chi connectivity index (χ0v) is 8.77. The second-order valence-electron chi connectivity index (χ2n) is 4.03. The smallest absolute Gasteiger partial charge is 0.188 e. The van der Waals surface area contributed by atoms with Crippen LogP contribution in [0.25, 0.3) is 0 Å². The number of rotatable bonds is 4. The molecule has 0 amide bonds. The van der Waals surface area contributed by atoms with E-state index < -0.39 is 0 Å². The first-order valence-electron chi connectivity index (χ1n) is 5.22. The van der Waals surface area contributed by atoms with Crippen molar-refractivity contribution in [3.05, 3.63) is 18.0 Å². The molecule has 0 N–H and O–H groups in total. The number of Topliss-reactive ketones (excluding diaryl/α,β-unsaturated/α-hetero) is 2. The summed E-state index contributed by atoms with van der Waals surface area (Å²) in [4.78, 5) is 23.3. The van der Waals surface area contributed by atoms with Crippen molar-refractivity contribution >= 4 is 11.6 Å². The Morgan fingerprint density at radius 1 is 1.53 bits per heavy atom. The van der Waals surface area contributed by atoms with Crippen LogP contribution in [0.5, 0.6) is 0 Å². The third-order valence-corrected chi connectivity index (χ3v) is 3.00. The predicted molar refractivity (Wildman–Crippen MR) is 54.5 cm³/mol. The maximum atomic E-state index is 11.7. The summed E-state index contributed by atoms with van der Waals surface area (Å²) in [6.45, 7) is 0. The van der Waals surface area contributed by atoms with Crippen molar-refractivity contribution in [3.63, 3.8) is 0 Å². The molecule has 0 aliphatic heterocycles. The highest BCUT2D eigenvalue weighted by Crippen LogP contribution is 2.28. The topological polar surface area (TPSA) is 52.0 Å². The highest BCUT2D eigenvalue weighted by atomic mass is 16.1. The first-order chi connectivity index (χ1) is 7.18. The Morgan fingerprint density at radius 2 is 2.27 bits per heavy atom. The van der Waals surface area contributed by atoms with E-state index in [0.29, 0.717) is 5.69 Å². The van der Waals surface area contributed by atoms with Crippen LogP contribution < -0.4 is 0 Å². The van der Waals surface area contributed by atoms with Gasteiger partial charge in [0, 0.05) is 19.2 Å². The van der Waals surface area contributed by atoms with Crippen LogP contribution in [0, 0.1) is 5.92 Å². The van der Waals surface area contributed by atoms with E-state index >= 15 is 0 Å². The minimum absolute atomic E-state index is 0.0319. The average Bonchev–Trinajstić information content (AvgIpc) is 2.47. The Hall–Kier alpha value is -1.45. The van der Waals surface area contributed by atoms with Gasteiger partial charge in [0.15, 0.2) is 5.78 Å². The normalized spacial score (nSPS) is 16.1. The minimum Gasteiger partial charge on any atom is -0.299 e. The Balaban J connectivity index is 1.97. The number of aryl methyl sites for hydroxylation is 1. The molecule has 2 rings (SSSR count). The van der Waals surface area contributed by atoms with E-state index in [1.165, 1.54) is 4.68 Å². The second-order valence-corrected chi connectivity index (χ2v) is 4.03. The van der Waals surface area contributed by atoms with Gasteiger partial charge in [0.2, 0.25) is 0 Å². The van der Waals surface area contributed by atoms with E-state index in [2.05, 4.69) is 5.10 Å². The number of aromatic nitrogens is 2. The van der Waals surface area contributed by atoms with Crippen LogP contribution in [0.1, 0.15) is 36.2 Å². The van der Waals surface area contributed by atoms with E-state index in [4.69, 9.17) is 0 Å². The summed E-state index contributed by atoms with van der Waals surface area (Å²) in [5.41, 5.74) is 0.516. The van der Waals surface area contributed by atoms with E-state index in [1.807, 2.05) is 0 Å². The maximum absolute atomic E-state index is 11.7. The summed E-state index contributed by atoms with van der Waals surface area (Å²) in [6, 6.07) is 1.65. The first-order valence-corrected chi connectivity index (χ1v) is 5.22. The minimum atomic E-state index is -0.119. The molecule has 0 spiro atoms. The van der Waals surface area contributed by atoms with Gasteiger partial charge >= 0.3 is 0 Å². The lowest BCUT2D eigenvalue weighted by molar-refractivity contribution is -0.124. The fraction of sp³-hybridized carbons (Fsp3) is 0.545. The Morgan fingerprint density at radius 3 is 2.73 bits per heavy atom. The molecule has 4 nitrogen and oxygen atoms in total. The summed E-state index contributed by atoms with van der Waals surface area (Å²) in [6.07, 6.45) is 4.64. The van der Waals surface area contributed by atoms with Gasteiger partial charge in [-0.2, -0.15) is 5.10 Å². The molecule has 15 heavy (non-hydrogen) atoms. The van der Waals surface area contributed by atoms with Crippen molar-refractivity contribution in [1.82, 2.24) is 9.78 Å². The van der Waals surface area contributed by atoms with Crippen LogP contribution in [0.2, 0.25) is 0 Å². The summed E-state index contributed by atoms with van der Waals surface area (Å²) in [5, 5.41) is 3.91. The van der Waals surface area contributed by atoms with Gasteiger partial charge in [0.05, 0.1) is 6.42 Å². The van der Waals surface area contributed by atoms with Crippen molar-refractivity contribution < 1.29 is 9.59 Å². The van der Waals surface area contributed by atoms with Crippen LogP contribution >= 0.6 is 0 Å². The standard InChI is InChI=1S/C11H14N2O2/c1-13-9(5-6-12-13)11(15)7-10(14)8-3-2-4-8/h5-6,8H,2-4,7H2,1H3. The quantitative estimate of drug-likeness (QED) is 0.552. The van der Waals surface area contributed by atoms with Crippen LogP contribution in [0.4, 0.5) is 0 Å². The molecule has 1 heterocycles. The van der Waals surface area contributed by atoms with E-state index in [-0.39, 0.29) is 23.9 Å². The molecule has 0 saturated heterocycles. The predicted octanol–water partition coefficient (Wildman–Crippen LogP) is 1.36. The van der Waals surface area contributed by atoms with Crippen LogP contribution in [0.15, 0.2) is 12.3 Å². The number of hydrogen-bond donors (Lipinski definition) is 0. The lowest BCUT2D eigenvalue weighted by Gasteiger charge is -2.23. The Labute approximate surface area is 88.3 Å². The van der Waals surface area contributed by atoms with E-state index in [1.54, 1.807) is 19.3 Å². The van der Waals surface area contributed by atoms with Crippen LogP contribution in [-0.4, -0.2) is 21.3 Å². The highest BCUT2D eigenvalue weighted by molar-refractivity contribution is 6.07. The molecule has 0 unspecified atom stereocenters. The molecule has 0 aromatic carbocycles. The lowest BCUT2D eigenvalue weighted by atomic mass is 9.80. The molecule has 1 aliphatic rings. The molecular formula is C11H14N2O2. The fourth-order valence-electron chi connectivity index (χ4n) is 1.77. The fourth-order valence-corrected chi connectivity index (χ4v) is 1.77. The van der Waals surface area contributed by atoms with Gasteiger partial charge in [-0.05, 0) is 18.9 Å². The van der Waals surface area contributed by atoms with Crippen molar-refractivity contribution in [2.24, 2.45) is 13.0 Å². The van der Waals surface area contributed by atoms with Gasteiger partial charge in [-0.3, -0.25) is 14.3 Å². The number of carbonyl (C=O) groups excluding carboxylic acids is 2. The lowest BCUT2D eigenvalue weighted by Crippen LogP contribution is -2.24. The maximum Gasteiger partial charge on any atom is 0.188 e. The SMILES string of the molecule is Cn1nccc1C(=O)CC(=O)C1CCC1. The van der Waals surface area contributed by atoms with Crippen LogP contribution in [-0.2, 0) is 11.8 Å². The zero-order chi connectivity index (χ0) is 10.8. The molecule has 1 saturated carbocycles. The molecule has 4 heteroatoms. The molecule has 80 valence electrons. The summed E-state index contributed by atoms with van der Waals surface area (Å²) in [5.74, 6) is 0.113. The molecule has 1 aromatic heterocycles. The molecular weight excluding hydrogens is 192 g/mol. The zero-order valence-electron chi connectivity index (χ0n) is 8.77. The third kappa shape index (κ3) is 1.98. The van der Waals surface area contributed by atoms with Gasteiger partial charge in [-0.1, -0.05) is 6.42 Å². The summed E-state index contributed by atoms with van der Waals surface area (Å²) < 4.78 is 1.51. The van der Waals surface area contributed by atoms with E-state index in [0.717, 1.165) is 19.3 Å². The van der Waals surface area contributed by atoms with Gasteiger partial charge in [0.1, 0.15) is 11.5 Å². The molecule has 0 atom stereocenters. The number of hydrogen-bond acceptors (Lipinski definition) is 3. The molecule has 1 aliphatic carbocycles. The Bertz CT molecular complexity index is 391. The molecule has 0 radical (unpaired) electrons. The van der Waals surface area contributed by atoms with E-state index in [9.17, 15) is 9.59 Å². The average molecular weight is 206 g/mol.